The van der Waals surface area contributed by atoms with E-state index in [0.29, 0.717) is 29.9 Å². The molecule has 3 rings (SSSR count). The maximum Gasteiger partial charge on any atom is 0.251 e. The van der Waals surface area contributed by atoms with E-state index in [2.05, 4.69) is 15.6 Å². The van der Waals surface area contributed by atoms with Gasteiger partial charge in [-0.3, -0.25) is 14.6 Å². The summed E-state index contributed by atoms with van der Waals surface area (Å²) in [6.45, 7) is 8.17. The van der Waals surface area contributed by atoms with E-state index in [9.17, 15) is 9.59 Å². The van der Waals surface area contributed by atoms with Crippen molar-refractivity contribution in [1.82, 2.24) is 15.6 Å². The van der Waals surface area contributed by atoms with Gasteiger partial charge in [0.2, 0.25) is 0 Å². The van der Waals surface area contributed by atoms with Crippen LogP contribution in [-0.2, 0) is 0 Å². The van der Waals surface area contributed by atoms with Crippen LogP contribution in [-0.4, -0.2) is 28.9 Å². The Morgan fingerprint density at radius 3 is 2.67 bits per heavy atom. The van der Waals surface area contributed by atoms with Gasteiger partial charge in [-0.1, -0.05) is 0 Å². The van der Waals surface area contributed by atoms with E-state index in [4.69, 9.17) is 4.74 Å². The molecular weight excluding hydrogens is 342 g/mol. The maximum absolute atomic E-state index is 12.7. The minimum absolute atomic E-state index is 0.144. The molecule has 6 heteroatoms. The molecule has 27 heavy (non-hydrogen) atoms. The third-order valence-electron chi connectivity index (χ3n) is 4.32. The number of rotatable bonds is 3. The second kappa shape index (κ2) is 7.39. The van der Waals surface area contributed by atoms with Crippen LogP contribution in [0.3, 0.4) is 0 Å². The number of aryl methyl sites for hydroxylation is 1. The number of nitrogens with one attached hydrogen (secondary N) is 2. The number of carbonyl (C=O) groups is 2. The lowest BCUT2D eigenvalue weighted by atomic mass is 10.0. The summed E-state index contributed by atoms with van der Waals surface area (Å²) in [6.07, 6.45) is 2.36. The fourth-order valence-corrected chi connectivity index (χ4v) is 3.06. The molecule has 0 fully saturated rings. The van der Waals surface area contributed by atoms with Gasteiger partial charge in [-0.05, 0) is 63.6 Å². The van der Waals surface area contributed by atoms with Crippen molar-refractivity contribution in [3.05, 3.63) is 58.9 Å². The van der Waals surface area contributed by atoms with E-state index in [1.165, 1.54) is 0 Å². The Kier molecular flexibility index (Phi) is 5.17. The molecule has 0 saturated carbocycles. The number of amides is 2. The molecule has 0 aliphatic carbocycles. The van der Waals surface area contributed by atoms with Crippen LogP contribution < -0.4 is 15.4 Å². The van der Waals surface area contributed by atoms with Crippen molar-refractivity contribution in [3.8, 4) is 5.75 Å². The number of hydrogen-bond donors (Lipinski definition) is 2. The molecule has 0 bridgehead atoms. The summed E-state index contributed by atoms with van der Waals surface area (Å²) in [4.78, 5) is 29.4. The average Bonchev–Trinajstić information content (AvgIpc) is 2.60. The Morgan fingerprint density at radius 2 is 1.96 bits per heavy atom. The Bertz CT molecular complexity index is 871. The van der Waals surface area contributed by atoms with Crippen LogP contribution in [0, 0.1) is 6.92 Å². The lowest BCUT2D eigenvalue weighted by Crippen LogP contribution is -2.40. The number of ether oxygens (including phenoxy) is 1. The van der Waals surface area contributed by atoms with E-state index in [1.807, 2.05) is 39.8 Å². The van der Waals surface area contributed by atoms with Crippen molar-refractivity contribution in [2.75, 3.05) is 6.61 Å². The van der Waals surface area contributed by atoms with Crippen LogP contribution >= 0.6 is 0 Å². The summed E-state index contributed by atoms with van der Waals surface area (Å²) in [7, 11) is 0. The Labute approximate surface area is 159 Å². The Hall–Kier alpha value is -2.89. The molecule has 142 valence electrons. The summed E-state index contributed by atoms with van der Waals surface area (Å²) in [5.74, 6) is 0.373. The molecule has 2 amide bonds. The van der Waals surface area contributed by atoms with Gasteiger partial charge in [0.15, 0.2) is 0 Å². The molecule has 0 spiro atoms. The van der Waals surface area contributed by atoms with Crippen molar-refractivity contribution in [3.63, 3.8) is 0 Å². The SMILES string of the molecule is Cc1cc(C(=O)NC2CCOc3cccnc32)ccc1C(=O)NC(C)(C)C. The van der Waals surface area contributed by atoms with Crippen LogP contribution in [0.25, 0.3) is 0 Å². The van der Waals surface area contributed by atoms with E-state index in [-0.39, 0.29) is 23.4 Å². The predicted molar refractivity (Wildman–Crippen MR) is 103 cm³/mol. The molecule has 1 aromatic heterocycles. The van der Waals surface area contributed by atoms with E-state index in [1.54, 1.807) is 24.4 Å². The van der Waals surface area contributed by atoms with Crippen LogP contribution in [0.15, 0.2) is 36.5 Å². The van der Waals surface area contributed by atoms with Crippen molar-refractivity contribution in [2.45, 2.75) is 45.7 Å². The zero-order chi connectivity index (χ0) is 19.6. The number of fused-ring (bicyclic) bond motifs is 1. The third kappa shape index (κ3) is 4.45. The van der Waals surface area contributed by atoms with Gasteiger partial charge in [0.25, 0.3) is 11.8 Å². The van der Waals surface area contributed by atoms with Crippen LogP contribution in [0.1, 0.15) is 65.2 Å². The summed E-state index contributed by atoms with van der Waals surface area (Å²) < 4.78 is 5.58. The van der Waals surface area contributed by atoms with Gasteiger partial charge in [-0.2, -0.15) is 0 Å². The molecule has 1 aliphatic rings. The molecule has 2 N–H and O–H groups in total. The number of aromatic nitrogens is 1. The topological polar surface area (TPSA) is 80.3 Å². The van der Waals surface area contributed by atoms with Gasteiger partial charge in [0.1, 0.15) is 11.4 Å². The first-order valence-corrected chi connectivity index (χ1v) is 9.06. The lowest BCUT2D eigenvalue weighted by molar-refractivity contribution is 0.0907. The fourth-order valence-electron chi connectivity index (χ4n) is 3.06. The smallest absolute Gasteiger partial charge is 0.251 e. The number of hydrogen-bond acceptors (Lipinski definition) is 4. The quantitative estimate of drug-likeness (QED) is 0.873. The molecule has 1 aliphatic heterocycles. The summed E-state index contributed by atoms with van der Waals surface area (Å²) >= 11 is 0. The zero-order valence-corrected chi connectivity index (χ0v) is 16.1. The highest BCUT2D eigenvalue weighted by atomic mass is 16.5. The molecule has 1 aromatic carbocycles. The Balaban J connectivity index is 1.75. The summed E-state index contributed by atoms with van der Waals surface area (Å²) in [5, 5.41) is 5.96. The summed E-state index contributed by atoms with van der Waals surface area (Å²) in [6, 6.07) is 8.60. The molecule has 0 saturated heterocycles. The Morgan fingerprint density at radius 1 is 1.19 bits per heavy atom. The molecule has 1 atom stereocenters. The first kappa shape index (κ1) is 18.9. The zero-order valence-electron chi connectivity index (χ0n) is 16.1. The lowest BCUT2D eigenvalue weighted by Gasteiger charge is -2.25. The number of carbonyl (C=O) groups excluding carboxylic acids is 2. The van der Waals surface area contributed by atoms with Gasteiger partial charge in [0.05, 0.1) is 12.6 Å². The maximum atomic E-state index is 12.7. The van der Waals surface area contributed by atoms with E-state index in [0.717, 1.165) is 11.3 Å². The molecule has 2 heterocycles. The highest BCUT2D eigenvalue weighted by Crippen LogP contribution is 2.29. The fraction of sp³-hybridized carbons (Fsp3) is 0.381. The standard InChI is InChI=1S/C21H25N3O3/c1-13-12-14(7-8-15(13)20(26)24-21(2,3)4)19(25)23-16-9-11-27-17-6-5-10-22-18(16)17/h5-8,10,12,16H,9,11H2,1-4H3,(H,23,25)(H,24,26). The van der Waals surface area contributed by atoms with Crippen molar-refractivity contribution >= 4 is 11.8 Å². The molecule has 6 nitrogen and oxygen atoms in total. The minimum Gasteiger partial charge on any atom is -0.491 e. The van der Waals surface area contributed by atoms with Crippen LogP contribution in [0.5, 0.6) is 5.75 Å². The van der Waals surface area contributed by atoms with E-state index < -0.39 is 0 Å². The van der Waals surface area contributed by atoms with E-state index >= 15 is 0 Å². The van der Waals surface area contributed by atoms with Crippen molar-refractivity contribution in [2.24, 2.45) is 0 Å². The molecule has 0 radical (unpaired) electrons. The first-order valence-electron chi connectivity index (χ1n) is 9.06. The largest absolute Gasteiger partial charge is 0.491 e. The van der Waals surface area contributed by atoms with Crippen molar-refractivity contribution in [1.29, 1.82) is 0 Å². The van der Waals surface area contributed by atoms with Crippen LogP contribution in [0.4, 0.5) is 0 Å². The predicted octanol–water partition coefficient (Wildman–Crippen LogP) is 3.17. The minimum atomic E-state index is -0.316. The normalized spacial score (nSPS) is 16.1. The van der Waals surface area contributed by atoms with Crippen molar-refractivity contribution < 1.29 is 14.3 Å². The third-order valence-corrected chi connectivity index (χ3v) is 4.32. The number of pyridine rings is 1. The molecule has 2 aromatic rings. The molecular formula is C21H25N3O3. The monoisotopic (exact) mass is 367 g/mol. The second-order valence-electron chi connectivity index (χ2n) is 7.78. The molecule has 1 unspecified atom stereocenters. The number of nitrogens with zero attached hydrogens (tertiary/aromatic N) is 1. The van der Waals surface area contributed by atoms with Gasteiger partial charge < -0.3 is 15.4 Å². The highest BCUT2D eigenvalue weighted by Gasteiger charge is 2.25. The van der Waals surface area contributed by atoms with Gasteiger partial charge in [-0.15, -0.1) is 0 Å². The van der Waals surface area contributed by atoms with Gasteiger partial charge in [-0.25, -0.2) is 0 Å². The second-order valence-corrected chi connectivity index (χ2v) is 7.78. The van der Waals surface area contributed by atoms with Gasteiger partial charge in [0, 0.05) is 29.3 Å². The van der Waals surface area contributed by atoms with Gasteiger partial charge >= 0.3 is 0 Å². The number of benzene rings is 1. The first-order chi connectivity index (χ1) is 12.7. The highest BCUT2D eigenvalue weighted by molar-refractivity contribution is 5.99. The average molecular weight is 367 g/mol. The van der Waals surface area contributed by atoms with Crippen LogP contribution in [0.2, 0.25) is 0 Å². The summed E-state index contributed by atoms with van der Waals surface area (Å²) in [5.41, 5.74) is 2.27.